The highest BCUT2D eigenvalue weighted by Gasteiger charge is 2.47. The number of carbonyl (C=O) groups is 2. The average Bonchev–Trinajstić information content (AvgIpc) is 3.37. The van der Waals surface area contributed by atoms with Gasteiger partial charge in [0.25, 0.3) is 11.7 Å². The standard InChI is InChI=1S/C24H21NO4S/c1-14-7-4-10-18(15(14)2)25-21(19-11-6-12-30-19)20(23(27)24(25)28)22(26)16-8-5-9-17(13-16)29-3/h4-13,21,26H,1-3H3/b22-20-. The maximum atomic E-state index is 13.2. The molecular formula is C24H21NO4S. The first kappa shape index (κ1) is 19.9. The second kappa shape index (κ2) is 7.80. The number of thiophene rings is 1. The zero-order valence-corrected chi connectivity index (χ0v) is 17.7. The number of methoxy groups -OCH3 is 1. The van der Waals surface area contributed by atoms with Gasteiger partial charge in [0, 0.05) is 16.1 Å². The van der Waals surface area contributed by atoms with Crippen molar-refractivity contribution in [2.24, 2.45) is 0 Å². The number of benzene rings is 2. The molecule has 1 aliphatic heterocycles. The van der Waals surface area contributed by atoms with Crippen LogP contribution < -0.4 is 9.64 Å². The quantitative estimate of drug-likeness (QED) is 0.367. The molecule has 2 aromatic carbocycles. The zero-order chi connectivity index (χ0) is 21.4. The zero-order valence-electron chi connectivity index (χ0n) is 16.9. The average molecular weight is 420 g/mol. The molecule has 1 unspecified atom stereocenters. The van der Waals surface area contributed by atoms with Crippen molar-refractivity contribution >= 4 is 34.5 Å². The van der Waals surface area contributed by atoms with E-state index in [2.05, 4.69) is 0 Å². The molecule has 30 heavy (non-hydrogen) atoms. The van der Waals surface area contributed by atoms with Gasteiger partial charge in [0.05, 0.1) is 12.7 Å². The van der Waals surface area contributed by atoms with Gasteiger partial charge in [0.2, 0.25) is 0 Å². The summed E-state index contributed by atoms with van der Waals surface area (Å²) in [6.45, 7) is 3.89. The Morgan fingerprint density at radius 3 is 2.53 bits per heavy atom. The van der Waals surface area contributed by atoms with E-state index in [1.165, 1.54) is 23.3 Å². The number of aliphatic hydroxyl groups excluding tert-OH is 1. The molecule has 0 bridgehead atoms. The summed E-state index contributed by atoms with van der Waals surface area (Å²) in [4.78, 5) is 28.6. The van der Waals surface area contributed by atoms with Crippen molar-refractivity contribution in [1.82, 2.24) is 0 Å². The Morgan fingerprint density at radius 2 is 1.83 bits per heavy atom. The van der Waals surface area contributed by atoms with Crippen LogP contribution in [0.2, 0.25) is 0 Å². The van der Waals surface area contributed by atoms with Crippen molar-refractivity contribution in [2.75, 3.05) is 12.0 Å². The number of carbonyl (C=O) groups excluding carboxylic acids is 2. The van der Waals surface area contributed by atoms with Gasteiger partial charge in [-0.2, -0.15) is 0 Å². The van der Waals surface area contributed by atoms with Crippen LogP contribution in [0.5, 0.6) is 5.75 Å². The number of aliphatic hydroxyl groups is 1. The summed E-state index contributed by atoms with van der Waals surface area (Å²) < 4.78 is 5.24. The summed E-state index contributed by atoms with van der Waals surface area (Å²) in [7, 11) is 1.53. The number of amides is 1. The number of nitrogens with zero attached hydrogens (tertiary/aromatic N) is 1. The Bertz CT molecular complexity index is 1160. The Labute approximate surface area is 178 Å². The lowest BCUT2D eigenvalue weighted by Gasteiger charge is -2.26. The predicted molar refractivity (Wildman–Crippen MR) is 118 cm³/mol. The topological polar surface area (TPSA) is 66.8 Å². The number of Topliss-reactive ketones (excluding diaryl/α,β-unsaturated/α-hetero) is 1. The van der Waals surface area contributed by atoms with Crippen molar-refractivity contribution in [3.8, 4) is 5.75 Å². The van der Waals surface area contributed by atoms with Crippen LogP contribution in [-0.2, 0) is 9.59 Å². The van der Waals surface area contributed by atoms with Crippen LogP contribution in [-0.4, -0.2) is 23.9 Å². The number of ketones is 1. The van der Waals surface area contributed by atoms with Gasteiger partial charge in [-0.05, 0) is 54.6 Å². The fourth-order valence-corrected chi connectivity index (χ4v) is 4.54. The van der Waals surface area contributed by atoms with E-state index in [1.807, 2.05) is 49.6 Å². The minimum Gasteiger partial charge on any atom is -0.507 e. The van der Waals surface area contributed by atoms with Gasteiger partial charge in [-0.15, -0.1) is 11.3 Å². The lowest BCUT2D eigenvalue weighted by Crippen LogP contribution is -2.29. The monoisotopic (exact) mass is 419 g/mol. The molecule has 2 heterocycles. The fraction of sp³-hybridized carbons (Fsp3) is 0.167. The lowest BCUT2D eigenvalue weighted by atomic mass is 9.99. The smallest absolute Gasteiger partial charge is 0.300 e. The molecule has 152 valence electrons. The number of rotatable bonds is 4. The molecule has 1 fully saturated rings. The van der Waals surface area contributed by atoms with Gasteiger partial charge in [-0.3, -0.25) is 14.5 Å². The molecule has 0 aliphatic carbocycles. The Morgan fingerprint density at radius 1 is 1.07 bits per heavy atom. The summed E-state index contributed by atoms with van der Waals surface area (Å²) in [6, 6.07) is 15.5. The molecule has 4 rings (SSSR count). The van der Waals surface area contributed by atoms with Crippen molar-refractivity contribution in [2.45, 2.75) is 19.9 Å². The molecule has 5 nitrogen and oxygen atoms in total. The van der Waals surface area contributed by atoms with Crippen LogP contribution >= 0.6 is 11.3 Å². The molecule has 0 radical (unpaired) electrons. The third kappa shape index (κ3) is 3.19. The predicted octanol–water partition coefficient (Wildman–Crippen LogP) is 5.00. The van der Waals surface area contributed by atoms with Crippen molar-refractivity contribution in [1.29, 1.82) is 0 Å². The second-order valence-corrected chi connectivity index (χ2v) is 8.11. The number of hydrogen-bond donors (Lipinski definition) is 1. The molecule has 3 aromatic rings. The molecule has 1 aliphatic rings. The van der Waals surface area contributed by atoms with Crippen molar-refractivity contribution < 1.29 is 19.4 Å². The van der Waals surface area contributed by atoms with E-state index >= 15 is 0 Å². The minimum atomic E-state index is -0.699. The highest BCUT2D eigenvalue weighted by molar-refractivity contribution is 7.10. The molecule has 0 spiro atoms. The van der Waals surface area contributed by atoms with E-state index in [-0.39, 0.29) is 11.3 Å². The summed E-state index contributed by atoms with van der Waals surface area (Å²) in [5.41, 5.74) is 3.11. The lowest BCUT2D eigenvalue weighted by molar-refractivity contribution is -0.132. The van der Waals surface area contributed by atoms with Gasteiger partial charge >= 0.3 is 0 Å². The van der Waals surface area contributed by atoms with Gasteiger partial charge < -0.3 is 9.84 Å². The van der Waals surface area contributed by atoms with Crippen molar-refractivity contribution in [3.63, 3.8) is 0 Å². The van der Waals surface area contributed by atoms with Gasteiger partial charge in [0.15, 0.2) is 0 Å². The normalized spacial score (nSPS) is 18.1. The number of ether oxygens (including phenoxy) is 1. The third-order valence-corrected chi connectivity index (χ3v) is 6.36. The third-order valence-electron chi connectivity index (χ3n) is 5.44. The molecule has 1 saturated heterocycles. The minimum absolute atomic E-state index is 0.0802. The molecule has 0 saturated carbocycles. The van der Waals surface area contributed by atoms with E-state index in [1.54, 1.807) is 24.3 Å². The van der Waals surface area contributed by atoms with E-state index in [0.29, 0.717) is 17.0 Å². The Kier molecular flexibility index (Phi) is 5.18. The van der Waals surface area contributed by atoms with Crippen molar-refractivity contribution in [3.05, 3.63) is 87.1 Å². The number of hydrogen-bond acceptors (Lipinski definition) is 5. The Hall–Kier alpha value is -3.38. The van der Waals surface area contributed by atoms with Crippen LogP contribution in [0.25, 0.3) is 5.76 Å². The highest BCUT2D eigenvalue weighted by Crippen LogP contribution is 2.44. The number of aryl methyl sites for hydroxylation is 1. The van der Waals surface area contributed by atoms with Gasteiger partial charge in [-0.1, -0.05) is 30.3 Å². The van der Waals surface area contributed by atoms with E-state index < -0.39 is 17.7 Å². The fourth-order valence-electron chi connectivity index (χ4n) is 3.72. The molecule has 6 heteroatoms. The Balaban J connectivity index is 1.95. The number of anilines is 1. The van der Waals surface area contributed by atoms with E-state index in [4.69, 9.17) is 4.74 Å². The van der Waals surface area contributed by atoms with Crippen LogP contribution in [0.1, 0.15) is 27.6 Å². The largest absolute Gasteiger partial charge is 0.507 e. The first-order chi connectivity index (χ1) is 14.4. The molecular weight excluding hydrogens is 398 g/mol. The highest BCUT2D eigenvalue weighted by atomic mass is 32.1. The second-order valence-electron chi connectivity index (χ2n) is 7.14. The summed E-state index contributed by atoms with van der Waals surface area (Å²) >= 11 is 1.44. The molecule has 1 amide bonds. The first-order valence-corrected chi connectivity index (χ1v) is 10.4. The van der Waals surface area contributed by atoms with Crippen LogP contribution in [0.4, 0.5) is 5.69 Å². The van der Waals surface area contributed by atoms with Crippen LogP contribution in [0.3, 0.4) is 0 Å². The summed E-state index contributed by atoms with van der Waals surface area (Å²) in [5.74, 6) is -1.00. The maximum absolute atomic E-state index is 13.2. The van der Waals surface area contributed by atoms with Crippen LogP contribution in [0.15, 0.2) is 65.6 Å². The van der Waals surface area contributed by atoms with Gasteiger partial charge in [-0.25, -0.2) is 0 Å². The molecule has 1 N–H and O–H groups in total. The van der Waals surface area contributed by atoms with E-state index in [9.17, 15) is 14.7 Å². The molecule has 1 atom stereocenters. The SMILES string of the molecule is COc1cccc(/C(O)=C2/C(=O)C(=O)N(c3cccc(C)c3C)C2c2cccs2)c1. The summed E-state index contributed by atoms with van der Waals surface area (Å²) in [5, 5.41) is 13.0. The van der Waals surface area contributed by atoms with Crippen LogP contribution in [0, 0.1) is 13.8 Å². The summed E-state index contributed by atoms with van der Waals surface area (Å²) in [6.07, 6.45) is 0. The first-order valence-electron chi connectivity index (χ1n) is 9.49. The van der Waals surface area contributed by atoms with Gasteiger partial charge in [0.1, 0.15) is 17.6 Å². The molecule has 1 aromatic heterocycles. The van der Waals surface area contributed by atoms with E-state index in [0.717, 1.165) is 16.0 Å². The maximum Gasteiger partial charge on any atom is 0.300 e.